The van der Waals surface area contributed by atoms with E-state index in [2.05, 4.69) is 21.2 Å². The van der Waals surface area contributed by atoms with Gasteiger partial charge in [-0.25, -0.2) is 4.39 Å². The number of ether oxygens (including phenoxy) is 1. The third kappa shape index (κ3) is 3.70. The minimum Gasteiger partial charge on any atom is -0.494 e. The highest BCUT2D eigenvalue weighted by Gasteiger charge is 2.17. The quantitative estimate of drug-likeness (QED) is 0.848. The molecule has 5 heteroatoms. The molecule has 18 heavy (non-hydrogen) atoms. The Bertz CT molecular complexity index is 423. The van der Waals surface area contributed by atoms with Gasteiger partial charge in [-0.05, 0) is 24.1 Å². The number of benzene rings is 1. The first-order chi connectivity index (χ1) is 8.49. The molecule has 0 bridgehead atoms. The molecule has 1 N–H and O–H groups in total. The standard InChI is InChI=1S/C13H17BrFNO2/c1-8(2)11(7-14)16-13(17)9-4-5-10(15)12(6-9)18-3/h4-6,8,11H,7H2,1-3H3,(H,16,17). The third-order valence-corrected chi connectivity index (χ3v) is 3.40. The molecule has 100 valence electrons. The van der Waals surface area contributed by atoms with Crippen LogP contribution in [0.5, 0.6) is 5.75 Å². The van der Waals surface area contributed by atoms with E-state index < -0.39 is 5.82 Å². The number of alkyl halides is 1. The molecule has 0 saturated heterocycles. The molecular weight excluding hydrogens is 301 g/mol. The normalized spacial score (nSPS) is 12.3. The zero-order valence-electron chi connectivity index (χ0n) is 10.7. The van der Waals surface area contributed by atoms with Gasteiger partial charge in [-0.15, -0.1) is 0 Å². The summed E-state index contributed by atoms with van der Waals surface area (Å²) in [6.45, 7) is 4.05. The minimum absolute atomic E-state index is 0.0357. The van der Waals surface area contributed by atoms with E-state index in [1.807, 2.05) is 13.8 Å². The second kappa shape index (κ2) is 6.73. The van der Waals surface area contributed by atoms with E-state index in [9.17, 15) is 9.18 Å². The zero-order valence-corrected chi connectivity index (χ0v) is 12.3. The molecule has 1 aromatic rings. The minimum atomic E-state index is -0.477. The SMILES string of the molecule is COc1cc(C(=O)NC(CBr)C(C)C)ccc1F. The van der Waals surface area contributed by atoms with Crippen molar-refractivity contribution in [1.29, 1.82) is 0 Å². The second-order valence-electron chi connectivity index (χ2n) is 4.33. The van der Waals surface area contributed by atoms with Crippen LogP contribution in [0.4, 0.5) is 4.39 Å². The van der Waals surface area contributed by atoms with Crippen LogP contribution in [0, 0.1) is 11.7 Å². The molecule has 0 aliphatic carbocycles. The van der Waals surface area contributed by atoms with E-state index in [1.54, 1.807) is 0 Å². The maximum Gasteiger partial charge on any atom is 0.251 e. The molecule has 3 nitrogen and oxygen atoms in total. The lowest BCUT2D eigenvalue weighted by Crippen LogP contribution is -2.39. The fourth-order valence-electron chi connectivity index (χ4n) is 1.44. The lowest BCUT2D eigenvalue weighted by Gasteiger charge is -2.20. The van der Waals surface area contributed by atoms with Gasteiger partial charge in [-0.3, -0.25) is 4.79 Å². The number of halogens is 2. The topological polar surface area (TPSA) is 38.3 Å². The van der Waals surface area contributed by atoms with Gasteiger partial charge < -0.3 is 10.1 Å². The van der Waals surface area contributed by atoms with Crippen LogP contribution in [0.1, 0.15) is 24.2 Å². The first kappa shape index (κ1) is 15.0. The van der Waals surface area contributed by atoms with Crippen molar-refractivity contribution in [3.05, 3.63) is 29.6 Å². The van der Waals surface area contributed by atoms with Crippen molar-refractivity contribution in [3.8, 4) is 5.75 Å². The van der Waals surface area contributed by atoms with Gasteiger partial charge in [0, 0.05) is 16.9 Å². The van der Waals surface area contributed by atoms with E-state index in [0.717, 1.165) is 0 Å². The summed E-state index contributed by atoms with van der Waals surface area (Å²) < 4.78 is 18.1. The Balaban J connectivity index is 2.84. The van der Waals surface area contributed by atoms with Crippen molar-refractivity contribution in [2.24, 2.45) is 5.92 Å². The van der Waals surface area contributed by atoms with Crippen LogP contribution in [-0.4, -0.2) is 24.4 Å². The molecule has 1 unspecified atom stereocenters. The van der Waals surface area contributed by atoms with Crippen LogP contribution < -0.4 is 10.1 Å². The van der Waals surface area contributed by atoms with E-state index >= 15 is 0 Å². The summed E-state index contributed by atoms with van der Waals surface area (Å²) in [7, 11) is 1.37. The van der Waals surface area contributed by atoms with Gasteiger partial charge in [0.2, 0.25) is 0 Å². The molecule has 0 saturated carbocycles. The van der Waals surface area contributed by atoms with Crippen LogP contribution in [0.3, 0.4) is 0 Å². The van der Waals surface area contributed by atoms with Gasteiger partial charge in [0.15, 0.2) is 11.6 Å². The number of carbonyl (C=O) groups is 1. The summed E-state index contributed by atoms with van der Waals surface area (Å²) in [5.74, 6) is -0.320. The van der Waals surface area contributed by atoms with E-state index in [4.69, 9.17) is 4.74 Å². The molecule has 1 amide bonds. The molecule has 1 aromatic carbocycles. The lowest BCUT2D eigenvalue weighted by molar-refractivity contribution is 0.0931. The average molecular weight is 318 g/mol. The van der Waals surface area contributed by atoms with Gasteiger partial charge in [0.1, 0.15) is 0 Å². The van der Waals surface area contributed by atoms with Crippen molar-refractivity contribution in [3.63, 3.8) is 0 Å². The average Bonchev–Trinajstić information content (AvgIpc) is 2.35. The Kier molecular flexibility index (Phi) is 5.59. The Morgan fingerprint density at radius 2 is 2.17 bits per heavy atom. The smallest absolute Gasteiger partial charge is 0.251 e. The summed E-state index contributed by atoms with van der Waals surface area (Å²) in [6, 6.07) is 4.11. The van der Waals surface area contributed by atoms with Crippen LogP contribution in [0.25, 0.3) is 0 Å². The maximum absolute atomic E-state index is 13.2. The Morgan fingerprint density at radius 3 is 2.67 bits per heavy atom. The molecule has 0 radical (unpaired) electrons. The van der Waals surface area contributed by atoms with Crippen LogP contribution in [0.15, 0.2) is 18.2 Å². The van der Waals surface area contributed by atoms with Gasteiger partial charge in [-0.2, -0.15) is 0 Å². The largest absolute Gasteiger partial charge is 0.494 e. The number of hydrogen-bond acceptors (Lipinski definition) is 2. The summed E-state index contributed by atoms with van der Waals surface area (Å²) in [6.07, 6.45) is 0. The van der Waals surface area contributed by atoms with Crippen molar-refractivity contribution >= 4 is 21.8 Å². The molecule has 1 atom stereocenters. The summed E-state index contributed by atoms with van der Waals surface area (Å²) in [5, 5.41) is 3.56. The fraction of sp³-hybridized carbons (Fsp3) is 0.462. The number of amides is 1. The van der Waals surface area contributed by atoms with Crippen molar-refractivity contribution in [2.45, 2.75) is 19.9 Å². The molecule has 0 aliphatic heterocycles. The molecular formula is C13H17BrFNO2. The van der Waals surface area contributed by atoms with Gasteiger partial charge in [0.25, 0.3) is 5.91 Å². The summed E-state index contributed by atoms with van der Waals surface area (Å²) >= 11 is 3.36. The zero-order chi connectivity index (χ0) is 13.7. The molecule has 0 spiro atoms. The van der Waals surface area contributed by atoms with Crippen molar-refractivity contribution in [1.82, 2.24) is 5.32 Å². The first-order valence-electron chi connectivity index (χ1n) is 5.70. The van der Waals surface area contributed by atoms with Crippen LogP contribution in [0.2, 0.25) is 0 Å². The fourth-order valence-corrected chi connectivity index (χ4v) is 2.35. The number of carbonyl (C=O) groups excluding carboxylic acids is 1. The predicted molar refractivity (Wildman–Crippen MR) is 72.8 cm³/mol. The predicted octanol–water partition coefficient (Wildman–Crippen LogP) is 2.98. The first-order valence-corrected chi connectivity index (χ1v) is 6.82. The monoisotopic (exact) mass is 317 g/mol. The molecule has 0 aliphatic rings. The van der Waals surface area contributed by atoms with Gasteiger partial charge in [0.05, 0.1) is 7.11 Å². The van der Waals surface area contributed by atoms with E-state index in [-0.39, 0.29) is 17.7 Å². The third-order valence-electron chi connectivity index (χ3n) is 2.70. The van der Waals surface area contributed by atoms with Gasteiger partial charge in [-0.1, -0.05) is 29.8 Å². The van der Waals surface area contributed by atoms with Crippen LogP contribution >= 0.6 is 15.9 Å². The lowest BCUT2D eigenvalue weighted by atomic mass is 10.1. The number of rotatable bonds is 5. The number of methoxy groups -OCH3 is 1. The Hall–Kier alpha value is -1.10. The maximum atomic E-state index is 13.2. The molecule has 1 rings (SSSR count). The van der Waals surface area contributed by atoms with Crippen LogP contribution in [-0.2, 0) is 0 Å². The highest BCUT2D eigenvalue weighted by molar-refractivity contribution is 9.09. The number of hydrogen-bond donors (Lipinski definition) is 1. The molecule has 0 heterocycles. The van der Waals surface area contributed by atoms with E-state index in [1.165, 1.54) is 25.3 Å². The van der Waals surface area contributed by atoms with Gasteiger partial charge >= 0.3 is 0 Å². The molecule has 0 fully saturated rings. The highest BCUT2D eigenvalue weighted by atomic mass is 79.9. The van der Waals surface area contributed by atoms with Crippen molar-refractivity contribution < 1.29 is 13.9 Å². The summed E-state index contributed by atoms with van der Waals surface area (Å²) in [5.41, 5.74) is 0.389. The second-order valence-corrected chi connectivity index (χ2v) is 4.98. The highest BCUT2D eigenvalue weighted by Crippen LogP contribution is 2.18. The Morgan fingerprint density at radius 1 is 1.50 bits per heavy atom. The Labute approximate surface area is 115 Å². The number of nitrogens with one attached hydrogen (secondary N) is 1. The van der Waals surface area contributed by atoms with E-state index in [0.29, 0.717) is 16.8 Å². The van der Waals surface area contributed by atoms with Crippen molar-refractivity contribution in [2.75, 3.05) is 12.4 Å². The molecule has 0 aromatic heterocycles. The summed E-state index contributed by atoms with van der Waals surface area (Å²) in [4.78, 5) is 12.0.